The van der Waals surface area contributed by atoms with E-state index in [0.29, 0.717) is 6.04 Å². The van der Waals surface area contributed by atoms with Gasteiger partial charge in [0, 0.05) is 12.2 Å². The van der Waals surface area contributed by atoms with Gasteiger partial charge in [-0.2, -0.15) is 0 Å². The molecule has 0 aromatic carbocycles. The molecule has 1 fully saturated rings. The number of hydrogen-bond donors (Lipinski definition) is 1. The standard InChI is InChI=1S/C13H20N2O/c1-2-4-11-6-8-15-13(11)10-16-12-5-3-7-14-9-12/h3,5,7,9,11,13,15H,2,4,6,8,10H2,1H3. The van der Waals surface area contributed by atoms with Crippen LogP contribution in [0.5, 0.6) is 5.75 Å². The van der Waals surface area contributed by atoms with E-state index < -0.39 is 0 Å². The first-order valence-corrected chi connectivity index (χ1v) is 6.16. The minimum Gasteiger partial charge on any atom is -0.490 e. The molecule has 1 aromatic rings. The molecule has 2 rings (SSSR count). The normalized spacial score (nSPS) is 24.6. The summed E-state index contributed by atoms with van der Waals surface area (Å²) in [5.74, 6) is 1.65. The fourth-order valence-corrected chi connectivity index (χ4v) is 2.35. The van der Waals surface area contributed by atoms with E-state index >= 15 is 0 Å². The van der Waals surface area contributed by atoms with Gasteiger partial charge in [-0.1, -0.05) is 13.3 Å². The SMILES string of the molecule is CCCC1CCNC1COc1cccnc1. The summed E-state index contributed by atoms with van der Waals surface area (Å²) in [5, 5.41) is 3.52. The molecule has 0 radical (unpaired) electrons. The molecule has 0 saturated carbocycles. The third-order valence-electron chi connectivity index (χ3n) is 3.21. The lowest BCUT2D eigenvalue weighted by Gasteiger charge is -2.19. The maximum absolute atomic E-state index is 5.74. The summed E-state index contributed by atoms with van der Waals surface area (Å²) in [5.41, 5.74) is 0. The molecule has 88 valence electrons. The highest BCUT2D eigenvalue weighted by Gasteiger charge is 2.26. The number of nitrogens with zero attached hydrogens (tertiary/aromatic N) is 1. The Bertz CT molecular complexity index is 302. The molecule has 0 bridgehead atoms. The molecule has 3 nitrogen and oxygen atoms in total. The molecule has 2 heterocycles. The van der Waals surface area contributed by atoms with E-state index in [0.717, 1.165) is 24.8 Å². The van der Waals surface area contributed by atoms with Crippen molar-refractivity contribution in [3.63, 3.8) is 0 Å². The van der Waals surface area contributed by atoms with Crippen molar-refractivity contribution in [2.24, 2.45) is 5.92 Å². The van der Waals surface area contributed by atoms with Crippen molar-refractivity contribution in [2.45, 2.75) is 32.2 Å². The van der Waals surface area contributed by atoms with Crippen LogP contribution in [0.1, 0.15) is 26.2 Å². The predicted molar refractivity (Wildman–Crippen MR) is 64.5 cm³/mol. The zero-order valence-corrected chi connectivity index (χ0v) is 9.86. The highest BCUT2D eigenvalue weighted by Crippen LogP contribution is 2.21. The topological polar surface area (TPSA) is 34.1 Å². The van der Waals surface area contributed by atoms with E-state index in [-0.39, 0.29) is 0 Å². The fraction of sp³-hybridized carbons (Fsp3) is 0.615. The minimum atomic E-state index is 0.514. The van der Waals surface area contributed by atoms with Gasteiger partial charge in [-0.25, -0.2) is 0 Å². The van der Waals surface area contributed by atoms with Crippen LogP contribution >= 0.6 is 0 Å². The van der Waals surface area contributed by atoms with Crippen LogP contribution in [0, 0.1) is 5.92 Å². The van der Waals surface area contributed by atoms with E-state index in [4.69, 9.17) is 4.74 Å². The van der Waals surface area contributed by atoms with E-state index in [9.17, 15) is 0 Å². The quantitative estimate of drug-likeness (QED) is 0.826. The molecule has 1 aliphatic rings. The van der Waals surface area contributed by atoms with Crippen molar-refractivity contribution >= 4 is 0 Å². The second-order valence-corrected chi connectivity index (χ2v) is 4.40. The van der Waals surface area contributed by atoms with Gasteiger partial charge in [0.15, 0.2) is 0 Å². The van der Waals surface area contributed by atoms with Crippen molar-refractivity contribution in [3.05, 3.63) is 24.5 Å². The predicted octanol–water partition coefficient (Wildman–Crippen LogP) is 2.24. The van der Waals surface area contributed by atoms with Crippen molar-refractivity contribution in [1.82, 2.24) is 10.3 Å². The highest BCUT2D eigenvalue weighted by molar-refractivity contribution is 5.15. The molecule has 0 amide bonds. The Balaban J connectivity index is 1.81. The van der Waals surface area contributed by atoms with Gasteiger partial charge in [-0.15, -0.1) is 0 Å². The molecule has 2 unspecified atom stereocenters. The molecular formula is C13H20N2O. The maximum Gasteiger partial charge on any atom is 0.137 e. The van der Waals surface area contributed by atoms with Crippen molar-refractivity contribution in [1.29, 1.82) is 0 Å². The van der Waals surface area contributed by atoms with Crippen molar-refractivity contribution in [3.8, 4) is 5.75 Å². The van der Waals surface area contributed by atoms with Crippen LogP contribution in [0.25, 0.3) is 0 Å². The van der Waals surface area contributed by atoms with Gasteiger partial charge in [0.2, 0.25) is 0 Å². The van der Waals surface area contributed by atoms with Gasteiger partial charge in [-0.3, -0.25) is 4.98 Å². The highest BCUT2D eigenvalue weighted by atomic mass is 16.5. The molecule has 1 aromatic heterocycles. The molecule has 1 aliphatic heterocycles. The number of pyridine rings is 1. The second kappa shape index (κ2) is 5.85. The van der Waals surface area contributed by atoms with Crippen molar-refractivity contribution < 1.29 is 4.74 Å². The zero-order chi connectivity index (χ0) is 11.2. The van der Waals surface area contributed by atoms with Crippen LogP contribution in [-0.4, -0.2) is 24.2 Å². The van der Waals surface area contributed by atoms with Crippen LogP contribution in [0.3, 0.4) is 0 Å². The summed E-state index contributed by atoms with van der Waals surface area (Å²) >= 11 is 0. The third kappa shape index (κ3) is 2.95. The van der Waals surface area contributed by atoms with Crippen LogP contribution in [0.4, 0.5) is 0 Å². The molecule has 0 aliphatic carbocycles. The smallest absolute Gasteiger partial charge is 0.137 e. The summed E-state index contributed by atoms with van der Waals surface area (Å²) in [4.78, 5) is 4.04. The Hall–Kier alpha value is -1.09. The van der Waals surface area contributed by atoms with E-state index in [1.54, 1.807) is 12.4 Å². The van der Waals surface area contributed by atoms with Gasteiger partial charge in [0.05, 0.1) is 6.20 Å². The number of nitrogens with one attached hydrogen (secondary N) is 1. The lowest BCUT2D eigenvalue weighted by atomic mass is 9.96. The molecule has 1 N–H and O–H groups in total. The average Bonchev–Trinajstić information content (AvgIpc) is 2.76. The van der Waals surface area contributed by atoms with Crippen LogP contribution < -0.4 is 10.1 Å². The summed E-state index contributed by atoms with van der Waals surface area (Å²) in [7, 11) is 0. The molecule has 16 heavy (non-hydrogen) atoms. The Morgan fingerprint density at radius 1 is 1.56 bits per heavy atom. The van der Waals surface area contributed by atoms with E-state index in [1.807, 2.05) is 12.1 Å². The Morgan fingerprint density at radius 2 is 2.50 bits per heavy atom. The van der Waals surface area contributed by atoms with Gasteiger partial charge >= 0.3 is 0 Å². The van der Waals surface area contributed by atoms with Crippen LogP contribution in [0.15, 0.2) is 24.5 Å². The Morgan fingerprint density at radius 3 is 3.25 bits per heavy atom. The summed E-state index contributed by atoms with van der Waals surface area (Å²) < 4.78 is 5.74. The maximum atomic E-state index is 5.74. The molecular weight excluding hydrogens is 200 g/mol. The number of aromatic nitrogens is 1. The lowest BCUT2D eigenvalue weighted by Crippen LogP contribution is -2.33. The number of rotatable bonds is 5. The third-order valence-corrected chi connectivity index (χ3v) is 3.21. The fourth-order valence-electron chi connectivity index (χ4n) is 2.35. The largest absolute Gasteiger partial charge is 0.490 e. The minimum absolute atomic E-state index is 0.514. The lowest BCUT2D eigenvalue weighted by molar-refractivity contribution is 0.241. The van der Waals surface area contributed by atoms with Crippen molar-refractivity contribution in [2.75, 3.05) is 13.2 Å². The van der Waals surface area contributed by atoms with Gasteiger partial charge in [-0.05, 0) is 37.4 Å². The first-order valence-electron chi connectivity index (χ1n) is 6.16. The Labute approximate surface area is 97.2 Å². The second-order valence-electron chi connectivity index (χ2n) is 4.40. The summed E-state index contributed by atoms with van der Waals surface area (Å²) in [6.45, 7) is 4.14. The first-order chi connectivity index (χ1) is 7.90. The summed E-state index contributed by atoms with van der Waals surface area (Å²) in [6, 6.07) is 4.37. The molecule has 1 saturated heterocycles. The number of hydrogen-bond acceptors (Lipinski definition) is 3. The molecule has 3 heteroatoms. The van der Waals surface area contributed by atoms with Crippen LogP contribution in [-0.2, 0) is 0 Å². The van der Waals surface area contributed by atoms with Crippen LogP contribution in [0.2, 0.25) is 0 Å². The first kappa shape index (κ1) is 11.4. The zero-order valence-electron chi connectivity index (χ0n) is 9.86. The summed E-state index contributed by atoms with van der Waals surface area (Å²) in [6.07, 6.45) is 7.38. The van der Waals surface area contributed by atoms with Gasteiger partial charge in [0.1, 0.15) is 12.4 Å². The average molecular weight is 220 g/mol. The van der Waals surface area contributed by atoms with Gasteiger partial charge < -0.3 is 10.1 Å². The monoisotopic (exact) mass is 220 g/mol. The molecule has 2 atom stereocenters. The van der Waals surface area contributed by atoms with Gasteiger partial charge in [0.25, 0.3) is 0 Å². The Kier molecular flexibility index (Phi) is 4.17. The molecule has 0 spiro atoms. The number of ether oxygens (including phenoxy) is 1. The van der Waals surface area contributed by atoms with E-state index in [1.165, 1.54) is 19.3 Å². The van der Waals surface area contributed by atoms with E-state index in [2.05, 4.69) is 17.2 Å².